The first-order valence-electron chi connectivity index (χ1n) is 7.13. The van der Waals surface area contributed by atoms with E-state index in [1.54, 1.807) is 32.9 Å². The summed E-state index contributed by atoms with van der Waals surface area (Å²) in [6.45, 7) is 5.51. The van der Waals surface area contributed by atoms with Gasteiger partial charge in [0.2, 0.25) is 0 Å². The summed E-state index contributed by atoms with van der Waals surface area (Å²) in [4.78, 5) is 24.9. The van der Waals surface area contributed by atoms with Crippen LogP contribution < -0.4 is 0 Å². The predicted molar refractivity (Wildman–Crippen MR) is 78.1 cm³/mol. The molecule has 1 aromatic carbocycles. The number of carbonyl (C=O) groups excluding carboxylic acids is 1. The third kappa shape index (κ3) is 3.75. The monoisotopic (exact) mass is 309 g/mol. The zero-order valence-electron chi connectivity index (χ0n) is 12.9. The lowest BCUT2D eigenvalue weighted by Crippen LogP contribution is -2.35. The maximum atomic E-state index is 13.4. The highest BCUT2D eigenvalue weighted by Gasteiger charge is 2.41. The van der Waals surface area contributed by atoms with Crippen molar-refractivity contribution in [3.8, 4) is 0 Å². The molecule has 0 aromatic heterocycles. The van der Waals surface area contributed by atoms with E-state index >= 15 is 0 Å². The molecule has 1 saturated heterocycles. The van der Waals surface area contributed by atoms with Crippen molar-refractivity contribution < 1.29 is 23.8 Å². The lowest BCUT2D eigenvalue weighted by molar-refractivity contribution is -0.141. The van der Waals surface area contributed by atoms with E-state index in [9.17, 15) is 19.1 Å². The Morgan fingerprint density at radius 3 is 2.55 bits per heavy atom. The molecule has 5 nitrogen and oxygen atoms in total. The lowest BCUT2D eigenvalue weighted by atomic mass is 9.89. The Morgan fingerprint density at radius 2 is 2.00 bits per heavy atom. The van der Waals surface area contributed by atoms with Gasteiger partial charge in [0, 0.05) is 19.0 Å². The van der Waals surface area contributed by atoms with Gasteiger partial charge in [0.15, 0.2) is 0 Å². The van der Waals surface area contributed by atoms with Gasteiger partial charge in [-0.1, -0.05) is 12.1 Å². The second kappa shape index (κ2) is 5.94. The highest BCUT2D eigenvalue weighted by molar-refractivity contribution is 5.75. The van der Waals surface area contributed by atoms with Crippen LogP contribution in [0.2, 0.25) is 0 Å². The summed E-state index contributed by atoms with van der Waals surface area (Å²) in [7, 11) is 0. The van der Waals surface area contributed by atoms with E-state index in [4.69, 9.17) is 4.74 Å². The Morgan fingerprint density at radius 1 is 1.32 bits per heavy atom. The third-order valence-electron chi connectivity index (χ3n) is 3.57. The van der Waals surface area contributed by atoms with Crippen LogP contribution >= 0.6 is 0 Å². The van der Waals surface area contributed by atoms with Gasteiger partial charge >= 0.3 is 12.1 Å². The fourth-order valence-electron chi connectivity index (χ4n) is 2.60. The number of nitrogens with zero attached hydrogens (tertiary/aromatic N) is 1. The fraction of sp³-hybridized carbons (Fsp3) is 0.500. The first-order valence-corrected chi connectivity index (χ1v) is 7.13. The summed E-state index contributed by atoms with van der Waals surface area (Å²) in [6.07, 6.45) is -0.544. The van der Waals surface area contributed by atoms with E-state index in [1.165, 1.54) is 17.0 Å². The summed E-state index contributed by atoms with van der Waals surface area (Å²) < 4.78 is 18.7. The minimum absolute atomic E-state index is 0.0609. The molecule has 1 aromatic rings. The van der Waals surface area contributed by atoms with Crippen LogP contribution in [0, 0.1) is 11.7 Å². The Kier molecular flexibility index (Phi) is 4.39. The number of hydrogen-bond acceptors (Lipinski definition) is 3. The molecule has 2 rings (SSSR count). The molecule has 0 saturated carbocycles. The van der Waals surface area contributed by atoms with Gasteiger partial charge < -0.3 is 14.7 Å². The van der Waals surface area contributed by atoms with Crippen molar-refractivity contribution in [2.24, 2.45) is 5.92 Å². The molecule has 1 fully saturated rings. The van der Waals surface area contributed by atoms with Crippen molar-refractivity contribution in [1.82, 2.24) is 4.90 Å². The number of ether oxygens (including phenoxy) is 1. The van der Waals surface area contributed by atoms with Crippen LogP contribution in [-0.2, 0) is 9.53 Å². The van der Waals surface area contributed by atoms with E-state index in [2.05, 4.69) is 0 Å². The summed E-state index contributed by atoms with van der Waals surface area (Å²) in [5, 5.41) is 9.37. The van der Waals surface area contributed by atoms with Gasteiger partial charge in [0.05, 0.1) is 5.92 Å². The molecule has 120 valence electrons. The first kappa shape index (κ1) is 16.3. The van der Waals surface area contributed by atoms with Gasteiger partial charge in [-0.25, -0.2) is 9.18 Å². The van der Waals surface area contributed by atoms with Crippen molar-refractivity contribution >= 4 is 12.1 Å². The molecule has 0 bridgehead atoms. The van der Waals surface area contributed by atoms with E-state index in [-0.39, 0.29) is 13.1 Å². The Labute approximate surface area is 128 Å². The summed E-state index contributed by atoms with van der Waals surface area (Å²) in [6, 6.07) is 5.85. The van der Waals surface area contributed by atoms with Gasteiger partial charge in [-0.2, -0.15) is 0 Å². The number of rotatable bonds is 2. The van der Waals surface area contributed by atoms with Crippen LogP contribution in [0.3, 0.4) is 0 Å². The number of benzene rings is 1. The smallest absolute Gasteiger partial charge is 0.410 e. The van der Waals surface area contributed by atoms with Crippen molar-refractivity contribution in [2.45, 2.75) is 32.3 Å². The fourth-order valence-corrected chi connectivity index (χ4v) is 2.60. The lowest BCUT2D eigenvalue weighted by Gasteiger charge is -2.24. The number of halogens is 1. The van der Waals surface area contributed by atoms with Crippen molar-refractivity contribution in [3.63, 3.8) is 0 Å². The topological polar surface area (TPSA) is 66.8 Å². The molecule has 1 heterocycles. The van der Waals surface area contributed by atoms with Crippen LogP contribution in [0.15, 0.2) is 24.3 Å². The van der Waals surface area contributed by atoms with Gasteiger partial charge in [-0.05, 0) is 38.5 Å². The number of aliphatic carboxylic acids is 1. The van der Waals surface area contributed by atoms with Crippen LogP contribution in [0.1, 0.15) is 32.3 Å². The maximum Gasteiger partial charge on any atom is 0.410 e. The maximum absolute atomic E-state index is 13.4. The Balaban J connectivity index is 2.20. The van der Waals surface area contributed by atoms with Crippen LogP contribution in [0.25, 0.3) is 0 Å². The van der Waals surface area contributed by atoms with Gasteiger partial charge in [0.1, 0.15) is 11.4 Å². The van der Waals surface area contributed by atoms with Gasteiger partial charge in [0.25, 0.3) is 0 Å². The number of amides is 1. The van der Waals surface area contributed by atoms with Crippen LogP contribution in [-0.4, -0.2) is 40.8 Å². The molecule has 22 heavy (non-hydrogen) atoms. The van der Waals surface area contributed by atoms with Crippen molar-refractivity contribution in [2.75, 3.05) is 13.1 Å². The largest absolute Gasteiger partial charge is 0.481 e. The Hall–Kier alpha value is -2.11. The molecule has 2 atom stereocenters. The SMILES string of the molecule is CC(C)(C)OC(=O)N1CC(c2cccc(F)c2)[C@@H](C(=O)O)C1. The molecule has 1 N–H and O–H groups in total. The number of carboxylic acids is 1. The second-order valence-corrected chi connectivity index (χ2v) is 6.49. The quantitative estimate of drug-likeness (QED) is 0.912. The molecule has 1 amide bonds. The van der Waals surface area contributed by atoms with E-state index in [1.807, 2.05) is 0 Å². The molecule has 6 heteroatoms. The average Bonchev–Trinajstić information content (AvgIpc) is 2.82. The molecule has 0 spiro atoms. The first-order chi connectivity index (χ1) is 10.2. The molecule has 0 radical (unpaired) electrons. The highest BCUT2D eigenvalue weighted by Crippen LogP contribution is 2.34. The molecular weight excluding hydrogens is 289 g/mol. The zero-order chi connectivity index (χ0) is 16.5. The van der Waals surface area contributed by atoms with Crippen LogP contribution in [0.5, 0.6) is 0 Å². The number of likely N-dealkylation sites (tertiary alicyclic amines) is 1. The molecular formula is C16H20FNO4. The number of carbonyl (C=O) groups is 2. The molecule has 1 unspecified atom stereocenters. The molecule has 0 aliphatic carbocycles. The van der Waals surface area contributed by atoms with Crippen molar-refractivity contribution in [3.05, 3.63) is 35.6 Å². The Bertz CT molecular complexity index is 582. The predicted octanol–water partition coefficient (Wildman–Crippen LogP) is 2.86. The minimum atomic E-state index is -1.000. The molecule has 1 aliphatic heterocycles. The highest BCUT2D eigenvalue weighted by atomic mass is 19.1. The van der Waals surface area contributed by atoms with Gasteiger partial charge in [-0.3, -0.25) is 4.79 Å². The third-order valence-corrected chi connectivity index (χ3v) is 3.57. The van der Waals surface area contributed by atoms with E-state index in [0.717, 1.165) is 0 Å². The summed E-state index contributed by atoms with van der Waals surface area (Å²) >= 11 is 0. The zero-order valence-corrected chi connectivity index (χ0v) is 12.9. The number of hydrogen-bond donors (Lipinski definition) is 1. The number of carboxylic acid groups (broad SMARTS) is 1. The van der Waals surface area contributed by atoms with E-state index in [0.29, 0.717) is 5.56 Å². The van der Waals surface area contributed by atoms with Gasteiger partial charge in [-0.15, -0.1) is 0 Å². The standard InChI is InChI=1S/C16H20FNO4/c1-16(2,3)22-15(21)18-8-12(13(9-18)14(19)20)10-5-4-6-11(17)7-10/h4-7,12-13H,8-9H2,1-3H3,(H,19,20)/t12?,13-/m0/s1. The molecule has 1 aliphatic rings. The average molecular weight is 309 g/mol. The summed E-state index contributed by atoms with van der Waals surface area (Å²) in [5.74, 6) is -2.63. The second-order valence-electron chi connectivity index (χ2n) is 6.49. The van der Waals surface area contributed by atoms with E-state index < -0.39 is 35.3 Å². The van der Waals surface area contributed by atoms with Crippen LogP contribution in [0.4, 0.5) is 9.18 Å². The van der Waals surface area contributed by atoms with Crippen molar-refractivity contribution in [1.29, 1.82) is 0 Å². The minimum Gasteiger partial charge on any atom is -0.481 e. The normalized spacial score (nSPS) is 21.7. The summed E-state index contributed by atoms with van der Waals surface area (Å²) in [5.41, 5.74) is -0.0642.